The Morgan fingerprint density at radius 1 is 1.00 bits per heavy atom. The number of terminal acetylenes is 1. The third kappa shape index (κ3) is 4.35. The molecule has 0 spiro atoms. The third-order valence-corrected chi connectivity index (χ3v) is 7.87. The minimum atomic E-state index is -0.472. The summed E-state index contributed by atoms with van der Waals surface area (Å²) in [5.41, 5.74) is 4.00. The second kappa shape index (κ2) is 8.43. The fourth-order valence-corrected chi connectivity index (χ4v) is 6.91. The summed E-state index contributed by atoms with van der Waals surface area (Å²) in [6.07, 6.45) is 7.95. The number of Topliss-reactive ketones (excluding diaryl/α,β-unsaturated/α-hetero) is 2. The van der Waals surface area contributed by atoms with Crippen molar-refractivity contribution in [1.29, 1.82) is 0 Å². The SMILES string of the molecule is C#CCOc1c(Br)cc(Br)cc1C1C2=C(CC(C)(C)CC2=O)N(C)C2=C1C(=O)CC(C)(C)C2. The maximum Gasteiger partial charge on any atom is 0.162 e. The highest BCUT2D eigenvalue weighted by Gasteiger charge is 2.49. The largest absolute Gasteiger partial charge is 0.479 e. The van der Waals surface area contributed by atoms with Crippen LogP contribution in [0.2, 0.25) is 0 Å². The Labute approximate surface area is 213 Å². The number of ketones is 2. The Morgan fingerprint density at radius 2 is 1.52 bits per heavy atom. The lowest BCUT2D eigenvalue weighted by molar-refractivity contribution is -0.119. The average molecular weight is 575 g/mol. The molecule has 1 heterocycles. The van der Waals surface area contributed by atoms with Gasteiger partial charge in [-0.05, 0) is 51.7 Å². The highest BCUT2D eigenvalue weighted by Crippen LogP contribution is 2.55. The van der Waals surface area contributed by atoms with Gasteiger partial charge in [0.15, 0.2) is 11.6 Å². The monoisotopic (exact) mass is 573 g/mol. The molecule has 1 aliphatic heterocycles. The molecule has 0 N–H and O–H groups in total. The molecular weight excluding hydrogens is 546 g/mol. The lowest BCUT2D eigenvalue weighted by atomic mass is 9.63. The number of carbonyl (C=O) groups is 2. The fourth-order valence-electron chi connectivity index (χ4n) is 5.54. The van der Waals surface area contributed by atoms with Crippen LogP contribution < -0.4 is 4.74 Å². The maximum absolute atomic E-state index is 13.7. The van der Waals surface area contributed by atoms with Crippen molar-refractivity contribution < 1.29 is 14.3 Å². The van der Waals surface area contributed by atoms with E-state index in [2.05, 4.69) is 70.4 Å². The van der Waals surface area contributed by atoms with E-state index in [9.17, 15) is 9.59 Å². The number of hydrogen-bond donors (Lipinski definition) is 0. The summed E-state index contributed by atoms with van der Waals surface area (Å²) in [5, 5.41) is 0. The van der Waals surface area contributed by atoms with Crippen molar-refractivity contribution >= 4 is 43.4 Å². The van der Waals surface area contributed by atoms with E-state index in [0.29, 0.717) is 18.6 Å². The molecule has 174 valence electrons. The van der Waals surface area contributed by atoms with E-state index in [1.165, 1.54) is 0 Å². The van der Waals surface area contributed by atoms with Crippen LogP contribution in [0.5, 0.6) is 5.75 Å². The van der Waals surface area contributed by atoms with Gasteiger partial charge in [-0.1, -0.05) is 49.5 Å². The highest BCUT2D eigenvalue weighted by molar-refractivity contribution is 9.11. The van der Waals surface area contributed by atoms with Crippen molar-refractivity contribution in [2.75, 3.05) is 13.7 Å². The Bertz CT molecular complexity index is 1110. The minimum absolute atomic E-state index is 0.0968. The quantitative estimate of drug-likeness (QED) is 0.385. The van der Waals surface area contributed by atoms with Gasteiger partial charge in [-0.3, -0.25) is 9.59 Å². The lowest BCUT2D eigenvalue weighted by Gasteiger charge is -2.48. The standard InChI is InChI=1S/C27H29Br2NO3/c1-7-8-33-25-16(9-15(28)10-17(25)29)22-23-18(11-26(2,3)13-20(23)31)30(6)19-12-27(4,5)14-21(32)24(19)22/h1,9-10,22H,8,11-14H2,2-6H3. The van der Waals surface area contributed by atoms with Crippen molar-refractivity contribution in [2.45, 2.75) is 59.3 Å². The van der Waals surface area contributed by atoms with Crippen LogP contribution in [-0.2, 0) is 9.59 Å². The van der Waals surface area contributed by atoms with Crippen molar-refractivity contribution in [3.63, 3.8) is 0 Å². The molecule has 33 heavy (non-hydrogen) atoms. The van der Waals surface area contributed by atoms with Crippen LogP contribution in [0.3, 0.4) is 0 Å². The summed E-state index contributed by atoms with van der Waals surface area (Å²) in [6, 6.07) is 3.86. The Kier molecular flexibility index (Phi) is 6.20. The topological polar surface area (TPSA) is 46.6 Å². The zero-order chi connectivity index (χ0) is 24.3. The van der Waals surface area contributed by atoms with Gasteiger partial charge in [0.25, 0.3) is 0 Å². The Morgan fingerprint density at radius 3 is 2.00 bits per heavy atom. The van der Waals surface area contributed by atoms with Gasteiger partial charge >= 0.3 is 0 Å². The van der Waals surface area contributed by atoms with Crippen LogP contribution in [0.1, 0.15) is 64.9 Å². The number of carbonyl (C=O) groups excluding carboxylic acids is 2. The first kappa shape index (κ1) is 24.3. The molecule has 6 heteroatoms. The zero-order valence-electron chi connectivity index (χ0n) is 19.8. The molecule has 1 aromatic carbocycles. The summed E-state index contributed by atoms with van der Waals surface area (Å²) >= 11 is 7.21. The van der Waals surface area contributed by atoms with E-state index in [0.717, 1.165) is 49.9 Å². The lowest BCUT2D eigenvalue weighted by Crippen LogP contribution is -2.43. The van der Waals surface area contributed by atoms with Crippen LogP contribution >= 0.6 is 31.9 Å². The predicted molar refractivity (Wildman–Crippen MR) is 137 cm³/mol. The minimum Gasteiger partial charge on any atom is -0.479 e. The van der Waals surface area contributed by atoms with E-state index >= 15 is 0 Å². The molecule has 2 aliphatic carbocycles. The normalized spacial score (nSPS) is 22.2. The van der Waals surface area contributed by atoms with Gasteiger partial charge in [0.1, 0.15) is 12.4 Å². The van der Waals surface area contributed by atoms with Crippen molar-refractivity contribution in [3.8, 4) is 18.1 Å². The van der Waals surface area contributed by atoms with Gasteiger partial charge in [0, 0.05) is 58.4 Å². The first-order chi connectivity index (χ1) is 15.3. The van der Waals surface area contributed by atoms with E-state index in [1.54, 1.807) is 0 Å². The first-order valence-electron chi connectivity index (χ1n) is 11.2. The van der Waals surface area contributed by atoms with Crippen LogP contribution in [-0.4, -0.2) is 30.1 Å². The number of nitrogens with zero attached hydrogens (tertiary/aromatic N) is 1. The van der Waals surface area contributed by atoms with Crippen molar-refractivity contribution in [3.05, 3.63) is 49.2 Å². The summed E-state index contributed by atoms with van der Waals surface area (Å²) in [6.45, 7) is 8.63. The van der Waals surface area contributed by atoms with E-state index < -0.39 is 5.92 Å². The molecular formula is C27H29Br2NO3. The number of allylic oxidation sites excluding steroid dienone is 4. The number of ether oxygens (including phenoxy) is 1. The van der Waals surface area contributed by atoms with Gasteiger partial charge in [-0.25, -0.2) is 0 Å². The van der Waals surface area contributed by atoms with Crippen molar-refractivity contribution in [1.82, 2.24) is 4.90 Å². The Hall–Kier alpha value is -1.84. The molecule has 0 aromatic heterocycles. The summed E-state index contributed by atoms with van der Waals surface area (Å²) in [5.74, 6) is 2.83. The molecule has 3 aliphatic rings. The van der Waals surface area contributed by atoms with Gasteiger partial charge in [-0.2, -0.15) is 0 Å². The summed E-state index contributed by atoms with van der Waals surface area (Å²) in [7, 11) is 2.01. The van der Waals surface area contributed by atoms with Crippen LogP contribution in [0, 0.1) is 23.2 Å². The van der Waals surface area contributed by atoms with Crippen LogP contribution in [0.4, 0.5) is 0 Å². The van der Waals surface area contributed by atoms with Gasteiger partial charge in [0.05, 0.1) is 4.47 Å². The van der Waals surface area contributed by atoms with E-state index in [1.807, 2.05) is 19.2 Å². The summed E-state index contributed by atoms with van der Waals surface area (Å²) < 4.78 is 7.55. The van der Waals surface area contributed by atoms with E-state index in [4.69, 9.17) is 11.2 Å². The smallest absolute Gasteiger partial charge is 0.162 e. The molecule has 4 nitrogen and oxygen atoms in total. The molecule has 1 aromatic rings. The molecule has 0 bridgehead atoms. The van der Waals surface area contributed by atoms with Crippen LogP contribution in [0.25, 0.3) is 0 Å². The first-order valence-corrected chi connectivity index (χ1v) is 12.8. The molecule has 0 fully saturated rings. The zero-order valence-corrected chi connectivity index (χ0v) is 22.9. The molecule has 0 saturated heterocycles. The molecule has 4 rings (SSSR count). The number of rotatable bonds is 3. The van der Waals surface area contributed by atoms with Crippen LogP contribution in [0.15, 0.2) is 43.6 Å². The predicted octanol–water partition coefficient (Wildman–Crippen LogP) is 6.54. The van der Waals surface area contributed by atoms with Gasteiger partial charge < -0.3 is 9.64 Å². The number of hydrogen-bond acceptors (Lipinski definition) is 4. The number of benzene rings is 1. The molecule has 0 saturated carbocycles. The molecule has 0 radical (unpaired) electrons. The molecule has 0 unspecified atom stereocenters. The number of halogens is 2. The highest BCUT2D eigenvalue weighted by atomic mass is 79.9. The maximum atomic E-state index is 13.7. The second-order valence-electron chi connectivity index (χ2n) is 10.9. The average Bonchev–Trinajstić information content (AvgIpc) is 2.67. The van der Waals surface area contributed by atoms with E-state index in [-0.39, 0.29) is 29.0 Å². The van der Waals surface area contributed by atoms with Gasteiger partial charge in [-0.15, -0.1) is 6.42 Å². The molecule has 0 atom stereocenters. The van der Waals surface area contributed by atoms with Crippen molar-refractivity contribution in [2.24, 2.45) is 10.8 Å². The Balaban J connectivity index is 2.03. The second-order valence-corrected chi connectivity index (χ2v) is 12.7. The molecule has 0 amide bonds. The summed E-state index contributed by atoms with van der Waals surface area (Å²) in [4.78, 5) is 29.5. The fraction of sp³-hybridized carbons (Fsp3) is 0.481. The van der Waals surface area contributed by atoms with Gasteiger partial charge in [0.2, 0.25) is 0 Å². The third-order valence-electron chi connectivity index (χ3n) is 6.83.